The number of primary amides is 1. The van der Waals surface area contributed by atoms with Gasteiger partial charge in [0.1, 0.15) is 5.75 Å². The van der Waals surface area contributed by atoms with Gasteiger partial charge >= 0.3 is 6.03 Å². The van der Waals surface area contributed by atoms with Gasteiger partial charge in [-0.25, -0.2) is 4.79 Å². The first-order valence-electron chi connectivity index (χ1n) is 6.27. The summed E-state index contributed by atoms with van der Waals surface area (Å²) < 4.78 is 5.17. The lowest BCUT2D eigenvalue weighted by molar-refractivity contribution is 0.0954. The second kappa shape index (κ2) is 8.45. The van der Waals surface area contributed by atoms with Crippen molar-refractivity contribution in [3.8, 4) is 17.6 Å². The van der Waals surface area contributed by atoms with Gasteiger partial charge in [0.2, 0.25) is 0 Å². The van der Waals surface area contributed by atoms with Gasteiger partial charge in [0.15, 0.2) is 0 Å². The number of hydrogen-bond donors (Lipinski definition) is 4. The fourth-order valence-electron chi connectivity index (χ4n) is 1.56. The predicted molar refractivity (Wildman–Crippen MR) is 78.8 cm³/mol. The molecule has 0 saturated heterocycles. The Kier molecular flexibility index (Phi) is 6.57. The lowest BCUT2D eigenvalue weighted by Gasteiger charge is -2.08. The maximum atomic E-state index is 11.9. The molecule has 0 atom stereocenters. The molecule has 1 rings (SSSR count). The summed E-state index contributed by atoms with van der Waals surface area (Å²) >= 11 is 0. The molecule has 6 N–H and O–H groups in total. The zero-order valence-electron chi connectivity index (χ0n) is 11.7. The van der Waals surface area contributed by atoms with Crippen LogP contribution in [0.4, 0.5) is 4.79 Å². The van der Waals surface area contributed by atoms with E-state index in [-0.39, 0.29) is 25.5 Å². The summed E-state index contributed by atoms with van der Waals surface area (Å²) in [6.45, 7) is 0.757. The second-order valence-electron chi connectivity index (χ2n) is 3.97. The number of nitrogens with one attached hydrogen (secondary N) is 2. The molecule has 0 bridgehead atoms. The smallest absolute Gasteiger partial charge is 0.312 e. The summed E-state index contributed by atoms with van der Waals surface area (Å²) in [7, 11) is 1.53. The highest BCUT2D eigenvalue weighted by molar-refractivity contribution is 5.94. The maximum Gasteiger partial charge on any atom is 0.312 e. The number of benzene rings is 1. The van der Waals surface area contributed by atoms with Crippen LogP contribution in [-0.2, 0) is 0 Å². The molecule has 1 aromatic carbocycles. The Morgan fingerprint density at radius 2 is 2.00 bits per heavy atom. The number of rotatable bonds is 5. The Morgan fingerprint density at radius 1 is 1.29 bits per heavy atom. The molecule has 0 radical (unpaired) electrons. The molecule has 0 aliphatic carbocycles. The minimum atomic E-state index is -0.631. The number of carbonyl (C=O) groups is 2. The van der Waals surface area contributed by atoms with Gasteiger partial charge in [-0.15, -0.1) is 0 Å². The molecule has 1 aromatic rings. The molecule has 0 heterocycles. The van der Waals surface area contributed by atoms with Gasteiger partial charge in [0.25, 0.3) is 5.91 Å². The highest BCUT2D eigenvalue weighted by Crippen LogP contribution is 2.18. The Hall–Kier alpha value is -2.72. The maximum absolute atomic E-state index is 11.9. The molecule has 7 heteroatoms. The van der Waals surface area contributed by atoms with Gasteiger partial charge in [0.05, 0.1) is 19.2 Å². The van der Waals surface area contributed by atoms with E-state index in [1.165, 1.54) is 7.11 Å². The van der Waals surface area contributed by atoms with Gasteiger partial charge in [0, 0.05) is 18.7 Å². The van der Waals surface area contributed by atoms with Crippen LogP contribution in [0.5, 0.6) is 5.75 Å². The molecule has 0 aromatic heterocycles. The molecule has 3 amide bonds. The fraction of sp³-hybridized carbons (Fsp3) is 0.286. The normalized spacial score (nSPS) is 9.24. The van der Waals surface area contributed by atoms with Gasteiger partial charge in [-0.3, -0.25) is 4.79 Å². The third-order valence-corrected chi connectivity index (χ3v) is 2.50. The molecule has 112 valence electrons. The van der Waals surface area contributed by atoms with E-state index in [1.54, 1.807) is 18.2 Å². The number of nitrogens with two attached hydrogens (primary N) is 2. The van der Waals surface area contributed by atoms with Gasteiger partial charge in [-0.05, 0) is 18.2 Å². The molecule has 21 heavy (non-hydrogen) atoms. The van der Waals surface area contributed by atoms with Crippen LogP contribution in [0.25, 0.3) is 0 Å². The van der Waals surface area contributed by atoms with Crippen molar-refractivity contribution >= 4 is 11.9 Å². The van der Waals surface area contributed by atoms with Crippen molar-refractivity contribution in [3.05, 3.63) is 29.3 Å². The third-order valence-electron chi connectivity index (χ3n) is 2.50. The van der Waals surface area contributed by atoms with Crippen LogP contribution in [0.15, 0.2) is 18.2 Å². The number of hydrogen-bond acceptors (Lipinski definition) is 4. The van der Waals surface area contributed by atoms with Crippen molar-refractivity contribution < 1.29 is 14.3 Å². The van der Waals surface area contributed by atoms with Gasteiger partial charge in [-0.1, -0.05) is 11.8 Å². The lowest BCUT2D eigenvalue weighted by atomic mass is 10.1. The number of ether oxygens (including phenoxy) is 1. The van der Waals surface area contributed by atoms with Crippen LogP contribution >= 0.6 is 0 Å². The second-order valence-corrected chi connectivity index (χ2v) is 3.97. The first-order valence-corrected chi connectivity index (χ1v) is 6.27. The van der Waals surface area contributed by atoms with Crippen molar-refractivity contribution in [2.45, 2.75) is 0 Å². The molecule has 0 unspecified atom stereocenters. The van der Waals surface area contributed by atoms with E-state index < -0.39 is 6.03 Å². The average Bonchev–Trinajstić information content (AvgIpc) is 2.48. The topological polar surface area (TPSA) is 119 Å². The van der Waals surface area contributed by atoms with Crippen molar-refractivity contribution in [1.82, 2.24) is 10.6 Å². The van der Waals surface area contributed by atoms with Crippen LogP contribution in [0.3, 0.4) is 0 Å². The van der Waals surface area contributed by atoms with Gasteiger partial charge in [-0.2, -0.15) is 0 Å². The molecule has 0 aliphatic rings. The number of carbonyl (C=O) groups excluding carboxylic acids is 2. The highest BCUT2D eigenvalue weighted by Gasteiger charge is 2.08. The fourth-order valence-corrected chi connectivity index (χ4v) is 1.56. The Labute approximate surface area is 123 Å². The lowest BCUT2D eigenvalue weighted by Crippen LogP contribution is -2.37. The molecular formula is C14H18N4O3. The quantitative estimate of drug-likeness (QED) is 0.427. The predicted octanol–water partition coefficient (Wildman–Crippen LogP) is -0.596. The van der Waals surface area contributed by atoms with Gasteiger partial charge < -0.3 is 26.8 Å². The summed E-state index contributed by atoms with van der Waals surface area (Å²) in [5, 5.41) is 5.03. The van der Waals surface area contributed by atoms with E-state index >= 15 is 0 Å². The largest absolute Gasteiger partial charge is 0.495 e. The summed E-state index contributed by atoms with van der Waals surface area (Å²) in [5.41, 5.74) is 11.3. The monoisotopic (exact) mass is 290 g/mol. The molecule has 0 fully saturated rings. The Morgan fingerprint density at radius 3 is 2.62 bits per heavy atom. The standard InChI is InChI=1S/C14H18N4O3/c1-21-12-5-4-11(9-10(12)3-2-6-15)13(19)17-7-8-18-14(16)20/h4-5,9H,6-8,15H2,1H3,(H,17,19)(H3,16,18,20). The number of methoxy groups -OCH3 is 1. The van der Waals surface area contributed by atoms with Crippen LogP contribution in [-0.4, -0.2) is 38.7 Å². The van der Waals surface area contributed by atoms with E-state index in [2.05, 4.69) is 22.5 Å². The third kappa shape index (κ3) is 5.42. The molecule has 0 saturated carbocycles. The minimum absolute atomic E-state index is 0.221. The van der Waals surface area contributed by atoms with Crippen molar-refractivity contribution in [2.75, 3.05) is 26.7 Å². The van der Waals surface area contributed by atoms with E-state index in [0.717, 1.165) is 0 Å². The first-order chi connectivity index (χ1) is 10.1. The van der Waals surface area contributed by atoms with Crippen LogP contribution < -0.4 is 26.8 Å². The van der Waals surface area contributed by atoms with Crippen LogP contribution in [0.2, 0.25) is 0 Å². The molecule has 0 aliphatic heterocycles. The Balaban J connectivity index is 2.74. The number of urea groups is 1. The van der Waals surface area contributed by atoms with E-state index in [9.17, 15) is 9.59 Å². The average molecular weight is 290 g/mol. The first kappa shape index (κ1) is 16.3. The SMILES string of the molecule is COc1ccc(C(=O)NCCNC(N)=O)cc1C#CCN. The van der Waals surface area contributed by atoms with Crippen LogP contribution in [0.1, 0.15) is 15.9 Å². The summed E-state index contributed by atoms with van der Waals surface area (Å²) in [5.74, 6) is 5.86. The zero-order chi connectivity index (χ0) is 15.7. The van der Waals surface area contributed by atoms with E-state index in [1.807, 2.05) is 0 Å². The molecular weight excluding hydrogens is 272 g/mol. The van der Waals surface area contributed by atoms with Crippen molar-refractivity contribution in [1.29, 1.82) is 0 Å². The summed E-state index contributed by atoms with van der Waals surface area (Å²) in [6.07, 6.45) is 0. The Bertz CT molecular complexity index is 575. The summed E-state index contributed by atoms with van der Waals surface area (Å²) in [6, 6.07) is 4.28. The van der Waals surface area contributed by atoms with Crippen LogP contribution in [0, 0.1) is 11.8 Å². The highest BCUT2D eigenvalue weighted by atomic mass is 16.5. The minimum Gasteiger partial charge on any atom is -0.495 e. The van der Waals surface area contributed by atoms with E-state index in [4.69, 9.17) is 16.2 Å². The summed E-state index contributed by atoms with van der Waals surface area (Å²) in [4.78, 5) is 22.4. The van der Waals surface area contributed by atoms with Crippen molar-refractivity contribution in [3.63, 3.8) is 0 Å². The van der Waals surface area contributed by atoms with E-state index in [0.29, 0.717) is 16.9 Å². The molecule has 7 nitrogen and oxygen atoms in total. The molecule has 0 spiro atoms. The zero-order valence-corrected chi connectivity index (χ0v) is 11.7. The van der Waals surface area contributed by atoms with Crippen molar-refractivity contribution in [2.24, 2.45) is 11.5 Å². The number of amides is 3.